The first-order valence-corrected chi connectivity index (χ1v) is 12.4. The van der Waals surface area contributed by atoms with Crippen LogP contribution in [0.15, 0.2) is 0 Å². The van der Waals surface area contributed by atoms with Crippen molar-refractivity contribution in [3.63, 3.8) is 0 Å². The van der Waals surface area contributed by atoms with Crippen molar-refractivity contribution in [1.82, 2.24) is 0 Å². The quantitative estimate of drug-likeness (QED) is 0.112. The lowest BCUT2D eigenvalue weighted by Crippen LogP contribution is -2.00. The molecule has 0 aromatic rings. The summed E-state index contributed by atoms with van der Waals surface area (Å²) in [4.78, 5) is 5.03. The minimum absolute atomic E-state index is 0.402. The molecular weight excluding hydrogens is 351 g/mol. The molecule has 0 aromatic heterocycles. The average molecular weight is 393 g/mol. The number of unbranched alkanes of at least 4 members (excludes halogenated alkanes) is 13. The molecule has 0 amide bonds. The predicted octanol–water partition coefficient (Wildman–Crippen LogP) is 7.35. The lowest BCUT2D eigenvalue weighted by atomic mass is 10.0. The van der Waals surface area contributed by atoms with E-state index in [2.05, 4.69) is 6.92 Å². The fourth-order valence-electron chi connectivity index (χ4n) is 3.09. The van der Waals surface area contributed by atoms with E-state index in [1.165, 1.54) is 77.0 Å². The van der Waals surface area contributed by atoms with Crippen molar-refractivity contribution < 1.29 is 23.2 Å². The number of hydrogen-bond donors (Lipinski definition) is 0. The van der Waals surface area contributed by atoms with Gasteiger partial charge in [-0.2, -0.15) is 0 Å². The van der Waals surface area contributed by atoms with E-state index >= 15 is 0 Å². The number of phosphoric acid groups is 1. The topological polar surface area (TPSA) is 54.0 Å². The van der Waals surface area contributed by atoms with Crippen molar-refractivity contribution in [1.29, 1.82) is 0 Å². The molecular formula is C20H41O5P. The van der Waals surface area contributed by atoms with Gasteiger partial charge in [0.25, 0.3) is 0 Å². The maximum absolute atomic E-state index is 12.0. The molecule has 0 N–H and O–H groups in total. The first kappa shape index (κ1) is 24.1. The second-order valence-corrected chi connectivity index (χ2v) is 8.87. The third-order valence-electron chi connectivity index (χ3n) is 4.76. The van der Waals surface area contributed by atoms with Crippen molar-refractivity contribution in [2.75, 3.05) is 19.8 Å². The lowest BCUT2D eigenvalue weighted by molar-refractivity contribution is -0.226. The van der Waals surface area contributed by atoms with E-state index in [4.69, 9.17) is 18.6 Å². The predicted molar refractivity (Wildman–Crippen MR) is 106 cm³/mol. The SMILES string of the molecule is CCCCCCCCCCCCCCCCOOP1(=O)OCCCCO1. The van der Waals surface area contributed by atoms with Gasteiger partial charge in [-0.15, -0.1) is 4.67 Å². The number of rotatable bonds is 17. The van der Waals surface area contributed by atoms with Gasteiger partial charge >= 0.3 is 7.82 Å². The van der Waals surface area contributed by atoms with E-state index in [0.717, 1.165) is 25.7 Å². The standard InChI is InChI=1S/C20H41O5P/c1-2-3-4-5-6-7-8-9-10-11-12-13-14-15-18-22-25-26(21)23-19-16-17-20-24-26/h2-20H2,1H3. The molecule has 0 atom stereocenters. The molecule has 1 aliphatic rings. The smallest absolute Gasteiger partial charge is 0.285 e. The Bertz CT molecular complexity index is 339. The van der Waals surface area contributed by atoms with Gasteiger partial charge in [-0.25, -0.2) is 9.45 Å². The van der Waals surface area contributed by atoms with Crippen LogP contribution in [0.1, 0.15) is 110 Å². The highest BCUT2D eigenvalue weighted by atomic mass is 31.2. The van der Waals surface area contributed by atoms with Gasteiger partial charge < -0.3 is 0 Å². The molecule has 6 heteroatoms. The van der Waals surface area contributed by atoms with Crippen LogP contribution in [-0.4, -0.2) is 19.8 Å². The van der Waals surface area contributed by atoms with E-state index in [-0.39, 0.29) is 0 Å². The summed E-state index contributed by atoms with van der Waals surface area (Å²) in [6.07, 6.45) is 20.1. The van der Waals surface area contributed by atoms with E-state index in [9.17, 15) is 4.57 Å². The molecule has 5 nitrogen and oxygen atoms in total. The highest BCUT2D eigenvalue weighted by molar-refractivity contribution is 7.48. The Kier molecular flexibility index (Phi) is 15.9. The number of phosphoric ester groups is 1. The summed E-state index contributed by atoms with van der Waals surface area (Å²) in [6, 6.07) is 0. The van der Waals surface area contributed by atoms with Crippen LogP contribution in [0.5, 0.6) is 0 Å². The van der Waals surface area contributed by atoms with Crippen LogP contribution in [0.4, 0.5) is 0 Å². The maximum Gasteiger partial charge on any atom is 0.502 e. The van der Waals surface area contributed by atoms with Crippen LogP contribution < -0.4 is 0 Å². The number of hydrogen-bond acceptors (Lipinski definition) is 5. The van der Waals surface area contributed by atoms with Crippen molar-refractivity contribution in [2.24, 2.45) is 0 Å². The van der Waals surface area contributed by atoms with E-state index in [0.29, 0.717) is 19.8 Å². The summed E-state index contributed by atoms with van der Waals surface area (Å²) in [5, 5.41) is 0. The Labute approximate surface area is 161 Å². The van der Waals surface area contributed by atoms with Gasteiger partial charge in [0.1, 0.15) is 0 Å². The molecule has 26 heavy (non-hydrogen) atoms. The lowest BCUT2D eigenvalue weighted by Gasteiger charge is -2.13. The van der Waals surface area contributed by atoms with Gasteiger partial charge in [-0.05, 0) is 19.3 Å². The molecule has 156 valence electrons. The van der Waals surface area contributed by atoms with E-state index < -0.39 is 7.82 Å². The zero-order chi connectivity index (χ0) is 18.8. The minimum Gasteiger partial charge on any atom is -0.285 e. The summed E-state index contributed by atoms with van der Waals surface area (Å²) >= 11 is 0. The van der Waals surface area contributed by atoms with Gasteiger partial charge in [0, 0.05) is 0 Å². The van der Waals surface area contributed by atoms with Crippen molar-refractivity contribution in [2.45, 2.75) is 110 Å². The molecule has 0 spiro atoms. The van der Waals surface area contributed by atoms with Gasteiger partial charge in [0.15, 0.2) is 0 Å². The summed E-state index contributed by atoms with van der Waals surface area (Å²) < 4.78 is 27.1. The molecule has 0 bridgehead atoms. The van der Waals surface area contributed by atoms with Gasteiger partial charge in [0.2, 0.25) is 0 Å². The summed E-state index contributed by atoms with van der Waals surface area (Å²) in [7, 11) is -3.47. The fraction of sp³-hybridized carbons (Fsp3) is 1.00. The Balaban J connectivity index is 1.76. The molecule has 1 aliphatic heterocycles. The van der Waals surface area contributed by atoms with Crippen LogP contribution in [0.25, 0.3) is 0 Å². The zero-order valence-corrected chi connectivity index (χ0v) is 17.8. The summed E-state index contributed by atoms with van der Waals surface area (Å²) in [6.45, 7) is 3.51. The Morgan fingerprint density at radius 1 is 0.692 bits per heavy atom. The normalized spacial score (nSPS) is 17.3. The highest BCUT2D eigenvalue weighted by Crippen LogP contribution is 2.51. The monoisotopic (exact) mass is 392 g/mol. The first-order chi connectivity index (χ1) is 12.8. The molecule has 1 heterocycles. The first-order valence-electron chi connectivity index (χ1n) is 11.0. The van der Waals surface area contributed by atoms with Crippen LogP contribution in [0.2, 0.25) is 0 Å². The van der Waals surface area contributed by atoms with Crippen LogP contribution >= 0.6 is 7.82 Å². The van der Waals surface area contributed by atoms with Crippen molar-refractivity contribution in [3.8, 4) is 0 Å². The third kappa shape index (κ3) is 14.2. The van der Waals surface area contributed by atoms with Crippen molar-refractivity contribution >= 4 is 7.82 Å². The second kappa shape index (κ2) is 17.2. The highest BCUT2D eigenvalue weighted by Gasteiger charge is 2.29. The minimum atomic E-state index is -3.47. The molecule has 0 unspecified atom stereocenters. The van der Waals surface area contributed by atoms with Crippen LogP contribution in [-0.2, 0) is 23.2 Å². The van der Waals surface area contributed by atoms with Gasteiger partial charge in [-0.1, -0.05) is 90.4 Å². The Morgan fingerprint density at radius 3 is 1.58 bits per heavy atom. The fourth-order valence-corrected chi connectivity index (χ4v) is 4.16. The maximum atomic E-state index is 12.0. The average Bonchev–Trinajstić information content (AvgIpc) is 2.86. The molecule has 0 saturated carbocycles. The van der Waals surface area contributed by atoms with Crippen LogP contribution in [0.3, 0.4) is 0 Å². The molecule has 1 rings (SSSR count). The summed E-state index contributed by atoms with van der Waals surface area (Å²) in [5.74, 6) is 0. The molecule has 1 saturated heterocycles. The molecule has 0 aromatic carbocycles. The van der Waals surface area contributed by atoms with Gasteiger partial charge in [-0.3, -0.25) is 9.05 Å². The molecule has 0 aliphatic carbocycles. The molecule has 0 radical (unpaired) electrons. The zero-order valence-electron chi connectivity index (χ0n) is 16.9. The van der Waals surface area contributed by atoms with Gasteiger partial charge in [0.05, 0.1) is 19.8 Å². The third-order valence-corrected chi connectivity index (χ3v) is 6.05. The second-order valence-electron chi connectivity index (χ2n) is 7.31. The Morgan fingerprint density at radius 2 is 1.12 bits per heavy atom. The Hall–Kier alpha value is 0.0700. The summed E-state index contributed by atoms with van der Waals surface area (Å²) in [5.41, 5.74) is 0. The van der Waals surface area contributed by atoms with Crippen molar-refractivity contribution in [3.05, 3.63) is 0 Å². The largest absolute Gasteiger partial charge is 0.502 e. The van der Waals surface area contributed by atoms with E-state index in [1.54, 1.807) is 0 Å². The van der Waals surface area contributed by atoms with Crippen LogP contribution in [0, 0.1) is 0 Å². The molecule has 1 fully saturated rings. The van der Waals surface area contributed by atoms with E-state index in [1.807, 2.05) is 0 Å².